The van der Waals surface area contributed by atoms with Crippen LogP contribution < -0.4 is 5.32 Å². The summed E-state index contributed by atoms with van der Waals surface area (Å²) >= 11 is 0. The lowest BCUT2D eigenvalue weighted by atomic mass is 10.2. The van der Waals surface area contributed by atoms with Crippen LogP contribution in [0.5, 0.6) is 0 Å². The van der Waals surface area contributed by atoms with Gasteiger partial charge in [0.25, 0.3) is 0 Å². The summed E-state index contributed by atoms with van der Waals surface area (Å²) < 4.78 is 4.15. The molecule has 122 valence electrons. The minimum absolute atomic E-state index is 0. The molecule has 0 saturated heterocycles. The van der Waals surface area contributed by atoms with Gasteiger partial charge in [0.05, 0.1) is 23.6 Å². The van der Waals surface area contributed by atoms with Crippen molar-refractivity contribution in [2.45, 2.75) is 65.1 Å². The number of hydrogen-bond donors (Lipinski definition) is 1. The predicted octanol–water partition coefficient (Wildman–Crippen LogP) is 4.12. The van der Waals surface area contributed by atoms with E-state index < -0.39 is 0 Å². The maximum absolute atomic E-state index is 4.52. The summed E-state index contributed by atoms with van der Waals surface area (Å²) in [5.74, 6) is 0. The van der Waals surface area contributed by atoms with Crippen LogP contribution in [-0.2, 0) is 6.54 Å². The van der Waals surface area contributed by atoms with Gasteiger partial charge in [-0.05, 0) is 33.6 Å². The minimum atomic E-state index is 0. The fourth-order valence-corrected chi connectivity index (χ4v) is 2.95. The van der Waals surface area contributed by atoms with Crippen LogP contribution in [0, 0.1) is 6.92 Å². The van der Waals surface area contributed by atoms with Gasteiger partial charge in [-0.3, -0.25) is 9.36 Å². The normalized spacial score (nSPS) is 15.3. The van der Waals surface area contributed by atoms with Crippen LogP contribution in [0.1, 0.15) is 62.9 Å². The first-order valence-electron chi connectivity index (χ1n) is 7.96. The fraction of sp³-hybridized carbons (Fsp3) is 0.625. The van der Waals surface area contributed by atoms with Crippen LogP contribution in [0.15, 0.2) is 18.6 Å². The molecule has 0 unspecified atom stereocenters. The molecule has 1 saturated carbocycles. The van der Waals surface area contributed by atoms with Gasteiger partial charge in [0.1, 0.15) is 0 Å². The molecule has 2 aromatic rings. The molecule has 22 heavy (non-hydrogen) atoms. The highest BCUT2D eigenvalue weighted by atomic mass is 35.5. The van der Waals surface area contributed by atoms with Crippen LogP contribution in [-0.4, -0.2) is 19.6 Å². The number of rotatable bonds is 5. The molecule has 3 rings (SSSR count). The summed E-state index contributed by atoms with van der Waals surface area (Å²) in [6.45, 7) is 7.13. The van der Waals surface area contributed by atoms with Crippen LogP contribution in [0.2, 0.25) is 0 Å². The Morgan fingerprint density at radius 1 is 1.27 bits per heavy atom. The zero-order valence-corrected chi connectivity index (χ0v) is 14.4. The average molecular weight is 324 g/mol. The van der Waals surface area contributed by atoms with Crippen molar-refractivity contribution in [2.24, 2.45) is 0 Å². The lowest BCUT2D eigenvalue weighted by Gasteiger charge is -2.08. The second kappa shape index (κ2) is 7.18. The molecule has 1 aliphatic rings. The Bertz CT molecular complexity index is 595. The van der Waals surface area contributed by atoms with E-state index in [-0.39, 0.29) is 12.4 Å². The van der Waals surface area contributed by atoms with Crippen LogP contribution in [0.25, 0.3) is 0 Å². The molecule has 5 nitrogen and oxygen atoms in total. The average Bonchev–Trinajstić information content (AvgIpc) is 3.17. The highest BCUT2D eigenvalue weighted by molar-refractivity contribution is 5.85. The van der Waals surface area contributed by atoms with Gasteiger partial charge < -0.3 is 5.32 Å². The molecular formula is C16H26ClN5. The second-order valence-electron chi connectivity index (χ2n) is 6.32. The van der Waals surface area contributed by atoms with E-state index in [0.717, 1.165) is 17.9 Å². The van der Waals surface area contributed by atoms with Crippen molar-refractivity contribution in [3.8, 4) is 0 Å². The number of aryl methyl sites for hydroxylation is 1. The predicted molar refractivity (Wildman–Crippen MR) is 91.7 cm³/mol. The van der Waals surface area contributed by atoms with E-state index in [4.69, 9.17) is 0 Å². The van der Waals surface area contributed by atoms with E-state index in [2.05, 4.69) is 46.4 Å². The number of halogens is 1. The molecular weight excluding hydrogens is 298 g/mol. The highest BCUT2D eigenvalue weighted by Crippen LogP contribution is 2.28. The minimum Gasteiger partial charge on any atom is -0.378 e. The van der Waals surface area contributed by atoms with E-state index in [9.17, 15) is 0 Å². The van der Waals surface area contributed by atoms with Gasteiger partial charge in [-0.15, -0.1) is 12.4 Å². The van der Waals surface area contributed by atoms with E-state index >= 15 is 0 Å². The summed E-state index contributed by atoms with van der Waals surface area (Å²) in [5, 5.41) is 12.5. The van der Waals surface area contributed by atoms with Crippen molar-refractivity contribution in [3.05, 3.63) is 29.8 Å². The molecule has 0 aromatic carbocycles. The molecule has 1 aliphatic carbocycles. The summed E-state index contributed by atoms with van der Waals surface area (Å²) in [4.78, 5) is 0. The van der Waals surface area contributed by atoms with Crippen molar-refractivity contribution in [1.82, 2.24) is 19.6 Å². The first kappa shape index (κ1) is 16.9. The largest absolute Gasteiger partial charge is 0.378 e. The van der Waals surface area contributed by atoms with E-state index in [1.54, 1.807) is 0 Å². The van der Waals surface area contributed by atoms with E-state index in [0.29, 0.717) is 12.1 Å². The molecule has 2 aromatic heterocycles. The number of nitrogens with one attached hydrogen (secondary N) is 1. The maximum atomic E-state index is 4.52. The van der Waals surface area contributed by atoms with Gasteiger partial charge in [0, 0.05) is 30.5 Å². The van der Waals surface area contributed by atoms with E-state index in [1.165, 1.54) is 31.2 Å². The van der Waals surface area contributed by atoms with Gasteiger partial charge in [-0.25, -0.2) is 0 Å². The molecule has 0 amide bonds. The van der Waals surface area contributed by atoms with E-state index in [1.807, 2.05) is 17.8 Å². The van der Waals surface area contributed by atoms with Gasteiger partial charge in [0.2, 0.25) is 0 Å². The first-order chi connectivity index (χ1) is 10.1. The summed E-state index contributed by atoms with van der Waals surface area (Å²) in [6.07, 6.45) is 11.5. The zero-order chi connectivity index (χ0) is 14.8. The monoisotopic (exact) mass is 323 g/mol. The number of aromatic nitrogens is 4. The van der Waals surface area contributed by atoms with Gasteiger partial charge >= 0.3 is 0 Å². The van der Waals surface area contributed by atoms with Gasteiger partial charge in [-0.1, -0.05) is 12.8 Å². The summed E-state index contributed by atoms with van der Waals surface area (Å²) in [6, 6.07) is 1.01. The van der Waals surface area contributed by atoms with Crippen molar-refractivity contribution < 1.29 is 0 Å². The van der Waals surface area contributed by atoms with Crippen molar-refractivity contribution >= 4 is 18.1 Å². The lowest BCUT2D eigenvalue weighted by Crippen LogP contribution is -2.04. The molecule has 0 bridgehead atoms. The number of nitrogens with zero attached hydrogens (tertiary/aromatic N) is 4. The Balaban J connectivity index is 0.00000176. The molecule has 6 heteroatoms. The van der Waals surface area contributed by atoms with Gasteiger partial charge in [-0.2, -0.15) is 10.2 Å². The first-order valence-corrected chi connectivity index (χ1v) is 7.96. The third kappa shape index (κ3) is 3.64. The Labute approximate surface area is 138 Å². The Hall–Kier alpha value is -1.49. The molecule has 1 N–H and O–H groups in total. The summed E-state index contributed by atoms with van der Waals surface area (Å²) in [7, 11) is 0. The quantitative estimate of drug-likeness (QED) is 0.900. The topological polar surface area (TPSA) is 47.7 Å². The summed E-state index contributed by atoms with van der Waals surface area (Å²) in [5.41, 5.74) is 3.39. The zero-order valence-electron chi connectivity index (χ0n) is 13.6. The lowest BCUT2D eigenvalue weighted by molar-refractivity contribution is 0.466. The van der Waals surface area contributed by atoms with Crippen molar-refractivity contribution in [2.75, 3.05) is 5.32 Å². The van der Waals surface area contributed by atoms with Crippen LogP contribution >= 0.6 is 12.4 Å². The second-order valence-corrected chi connectivity index (χ2v) is 6.32. The van der Waals surface area contributed by atoms with Crippen LogP contribution in [0.4, 0.5) is 5.69 Å². The SMILES string of the molecule is Cc1nn(C(C)C)cc1NCc1cnn(C2CCCC2)c1.Cl. The number of anilines is 1. The number of hydrogen-bond acceptors (Lipinski definition) is 3. The smallest absolute Gasteiger partial charge is 0.0825 e. The Morgan fingerprint density at radius 3 is 2.64 bits per heavy atom. The Kier molecular flexibility index (Phi) is 5.51. The third-order valence-corrected chi connectivity index (χ3v) is 4.28. The molecule has 0 atom stereocenters. The van der Waals surface area contributed by atoms with Crippen molar-refractivity contribution in [1.29, 1.82) is 0 Å². The Morgan fingerprint density at radius 2 is 2.00 bits per heavy atom. The third-order valence-electron chi connectivity index (χ3n) is 4.28. The highest BCUT2D eigenvalue weighted by Gasteiger charge is 2.17. The maximum Gasteiger partial charge on any atom is 0.0825 e. The molecule has 0 spiro atoms. The van der Waals surface area contributed by atoms with Crippen molar-refractivity contribution in [3.63, 3.8) is 0 Å². The van der Waals surface area contributed by atoms with Gasteiger partial charge in [0.15, 0.2) is 0 Å². The molecule has 0 radical (unpaired) electrons. The van der Waals surface area contributed by atoms with Crippen LogP contribution in [0.3, 0.4) is 0 Å². The molecule has 2 heterocycles. The standard InChI is InChI=1S/C16H25N5.ClH/c1-12(2)20-11-16(13(3)19-20)17-8-14-9-18-21(10-14)15-6-4-5-7-15;/h9-12,15,17H,4-8H2,1-3H3;1H. The molecule has 1 fully saturated rings. The fourth-order valence-electron chi connectivity index (χ4n) is 2.95. The molecule has 0 aliphatic heterocycles.